The number of carbonyl (C=O) groups excluding carboxylic acids is 3. The predicted molar refractivity (Wildman–Crippen MR) is 89.4 cm³/mol. The second-order valence-electron chi connectivity index (χ2n) is 9.23. The molecule has 0 radical (unpaired) electrons. The Morgan fingerprint density at radius 1 is 1.20 bits per heavy atom. The second kappa shape index (κ2) is 4.89. The quantitative estimate of drug-likeness (QED) is 0.554. The maximum Gasteiger partial charge on any atom is 0.170 e. The zero-order chi connectivity index (χ0) is 18.4. The van der Waals surface area contributed by atoms with Gasteiger partial charge in [-0.2, -0.15) is 0 Å². The SMILES string of the molecule is C=C1C(=O)C23C(O)CC4C(C)(C=O)CCCC4(C)C2C(=O)CC1C3O. The summed E-state index contributed by atoms with van der Waals surface area (Å²) in [6.45, 7) is 7.71. The van der Waals surface area contributed by atoms with Crippen LogP contribution in [0, 0.1) is 34.0 Å². The van der Waals surface area contributed by atoms with E-state index in [0.717, 1.165) is 25.5 Å². The first-order chi connectivity index (χ1) is 11.6. The van der Waals surface area contributed by atoms with Crippen LogP contribution in [0.4, 0.5) is 0 Å². The third kappa shape index (κ3) is 1.69. The molecule has 4 rings (SSSR count). The minimum atomic E-state index is -1.47. The molecule has 5 nitrogen and oxygen atoms in total. The van der Waals surface area contributed by atoms with Crippen molar-refractivity contribution in [2.45, 2.75) is 58.2 Å². The van der Waals surface area contributed by atoms with E-state index >= 15 is 0 Å². The van der Waals surface area contributed by atoms with Gasteiger partial charge in [0, 0.05) is 23.7 Å². The monoisotopic (exact) mass is 346 g/mol. The molecular formula is C20H26O5. The molecule has 0 aromatic carbocycles. The summed E-state index contributed by atoms with van der Waals surface area (Å²) >= 11 is 0. The molecule has 8 atom stereocenters. The highest BCUT2D eigenvalue weighted by Crippen LogP contribution is 2.69. The Kier molecular flexibility index (Phi) is 3.34. The smallest absolute Gasteiger partial charge is 0.170 e. The highest BCUT2D eigenvalue weighted by Gasteiger charge is 2.76. The van der Waals surface area contributed by atoms with E-state index in [2.05, 4.69) is 6.58 Å². The molecule has 2 N–H and O–H groups in total. The van der Waals surface area contributed by atoms with E-state index in [-0.39, 0.29) is 35.9 Å². The number of aliphatic hydroxyl groups excluding tert-OH is 2. The molecule has 0 amide bonds. The lowest BCUT2D eigenvalue weighted by Gasteiger charge is -2.63. The van der Waals surface area contributed by atoms with Crippen LogP contribution in [0.3, 0.4) is 0 Å². The second-order valence-corrected chi connectivity index (χ2v) is 9.23. The third-order valence-corrected chi connectivity index (χ3v) is 8.19. The molecular weight excluding hydrogens is 320 g/mol. The number of aldehydes is 1. The van der Waals surface area contributed by atoms with Gasteiger partial charge in [0.15, 0.2) is 5.78 Å². The Balaban J connectivity index is 1.94. The van der Waals surface area contributed by atoms with Gasteiger partial charge in [-0.25, -0.2) is 0 Å². The molecule has 0 saturated heterocycles. The van der Waals surface area contributed by atoms with Gasteiger partial charge < -0.3 is 15.0 Å². The lowest BCUT2D eigenvalue weighted by Crippen LogP contribution is -2.69. The Bertz CT molecular complexity index is 698. The average Bonchev–Trinajstić information content (AvgIpc) is 2.68. The van der Waals surface area contributed by atoms with Crippen LogP contribution >= 0.6 is 0 Å². The summed E-state index contributed by atoms with van der Waals surface area (Å²) in [6.07, 6.45) is 1.39. The Morgan fingerprint density at radius 3 is 2.52 bits per heavy atom. The van der Waals surface area contributed by atoms with E-state index in [4.69, 9.17) is 0 Å². The van der Waals surface area contributed by atoms with E-state index in [1.807, 2.05) is 13.8 Å². The van der Waals surface area contributed by atoms with Crippen LogP contribution in [0.5, 0.6) is 0 Å². The first-order valence-electron chi connectivity index (χ1n) is 9.23. The number of carbonyl (C=O) groups is 3. The number of hydrogen-bond donors (Lipinski definition) is 2. The van der Waals surface area contributed by atoms with Crippen LogP contribution in [-0.2, 0) is 14.4 Å². The summed E-state index contributed by atoms with van der Waals surface area (Å²) in [6, 6.07) is 0. The number of Topliss-reactive ketones (excluding diaryl/α,β-unsaturated/α-hetero) is 2. The van der Waals surface area contributed by atoms with Crippen molar-refractivity contribution < 1.29 is 24.6 Å². The maximum absolute atomic E-state index is 13.1. The molecule has 0 aromatic rings. The Morgan fingerprint density at radius 2 is 1.88 bits per heavy atom. The lowest BCUT2D eigenvalue weighted by atomic mass is 9.39. The van der Waals surface area contributed by atoms with Crippen molar-refractivity contribution in [1.29, 1.82) is 0 Å². The van der Waals surface area contributed by atoms with Gasteiger partial charge in [0.25, 0.3) is 0 Å². The molecule has 0 heterocycles. The third-order valence-electron chi connectivity index (χ3n) is 8.19. The number of fused-ring (bicyclic) bond motifs is 3. The molecule has 0 aromatic heterocycles. The van der Waals surface area contributed by atoms with E-state index < -0.39 is 40.3 Å². The first-order valence-corrected chi connectivity index (χ1v) is 9.23. The molecule has 5 heteroatoms. The normalized spacial score (nSPS) is 54.9. The Hall–Kier alpha value is -1.33. The fourth-order valence-electron chi connectivity index (χ4n) is 7.09. The van der Waals surface area contributed by atoms with Gasteiger partial charge in [-0.1, -0.05) is 26.8 Å². The summed E-state index contributed by atoms with van der Waals surface area (Å²) in [4.78, 5) is 38.1. The van der Waals surface area contributed by atoms with E-state index in [1.54, 1.807) is 0 Å². The van der Waals surface area contributed by atoms with Crippen molar-refractivity contribution in [3.05, 3.63) is 12.2 Å². The van der Waals surface area contributed by atoms with Crippen LogP contribution in [0.25, 0.3) is 0 Å². The van der Waals surface area contributed by atoms with Gasteiger partial charge in [0.1, 0.15) is 12.1 Å². The van der Waals surface area contributed by atoms with Gasteiger partial charge in [0.05, 0.1) is 17.6 Å². The largest absolute Gasteiger partial charge is 0.392 e. The predicted octanol–water partition coefficient (Wildman–Crippen LogP) is 1.45. The maximum atomic E-state index is 13.1. The van der Waals surface area contributed by atoms with E-state index in [1.165, 1.54) is 0 Å². The fourth-order valence-corrected chi connectivity index (χ4v) is 7.09. The summed E-state index contributed by atoms with van der Waals surface area (Å²) in [7, 11) is 0. The molecule has 4 fully saturated rings. The van der Waals surface area contributed by atoms with Crippen molar-refractivity contribution in [1.82, 2.24) is 0 Å². The molecule has 8 unspecified atom stereocenters. The molecule has 25 heavy (non-hydrogen) atoms. The minimum absolute atomic E-state index is 0.0660. The van der Waals surface area contributed by atoms with Crippen molar-refractivity contribution >= 4 is 17.9 Å². The number of aliphatic hydroxyl groups is 2. The molecule has 136 valence electrons. The molecule has 0 aliphatic heterocycles. The van der Waals surface area contributed by atoms with Gasteiger partial charge in [-0.05, 0) is 36.2 Å². The molecule has 4 saturated carbocycles. The zero-order valence-electron chi connectivity index (χ0n) is 14.8. The minimum Gasteiger partial charge on any atom is -0.392 e. The van der Waals surface area contributed by atoms with Crippen LogP contribution in [0.2, 0.25) is 0 Å². The van der Waals surface area contributed by atoms with Gasteiger partial charge in [-0.15, -0.1) is 0 Å². The van der Waals surface area contributed by atoms with Gasteiger partial charge in [-0.3, -0.25) is 9.59 Å². The summed E-state index contributed by atoms with van der Waals surface area (Å²) < 4.78 is 0. The first kappa shape index (κ1) is 17.1. The lowest BCUT2D eigenvalue weighted by molar-refractivity contribution is -0.220. The average molecular weight is 346 g/mol. The topological polar surface area (TPSA) is 91.7 Å². The van der Waals surface area contributed by atoms with Crippen molar-refractivity contribution in [2.24, 2.45) is 34.0 Å². The molecule has 4 aliphatic rings. The van der Waals surface area contributed by atoms with Crippen LogP contribution in [0.1, 0.15) is 46.0 Å². The number of hydrogen-bond acceptors (Lipinski definition) is 5. The standard InChI is InChI=1S/C20H26O5/c1-10-11-7-12(22)15-19(3)6-4-5-18(2,9-21)13(19)8-14(23)20(15,16(10)24)17(11)25/h9,11,13-15,17,23,25H,1,4-8H2,2-3H3. The van der Waals surface area contributed by atoms with Gasteiger partial charge >= 0.3 is 0 Å². The van der Waals surface area contributed by atoms with Crippen LogP contribution in [0.15, 0.2) is 12.2 Å². The van der Waals surface area contributed by atoms with Crippen molar-refractivity contribution in [3.8, 4) is 0 Å². The van der Waals surface area contributed by atoms with Crippen LogP contribution in [-0.4, -0.2) is 40.3 Å². The van der Waals surface area contributed by atoms with Crippen molar-refractivity contribution in [2.75, 3.05) is 0 Å². The van der Waals surface area contributed by atoms with Crippen LogP contribution < -0.4 is 0 Å². The molecule has 2 bridgehead atoms. The van der Waals surface area contributed by atoms with E-state index in [9.17, 15) is 24.6 Å². The van der Waals surface area contributed by atoms with Gasteiger partial charge in [0.2, 0.25) is 0 Å². The fraction of sp³-hybridized carbons (Fsp3) is 0.750. The molecule has 1 spiro atoms. The highest BCUT2D eigenvalue weighted by molar-refractivity contribution is 6.10. The number of ketones is 2. The zero-order valence-corrected chi connectivity index (χ0v) is 14.8. The summed E-state index contributed by atoms with van der Waals surface area (Å²) in [5.41, 5.74) is -2.38. The van der Waals surface area contributed by atoms with Crippen molar-refractivity contribution in [3.63, 3.8) is 0 Å². The molecule has 4 aliphatic carbocycles. The highest BCUT2D eigenvalue weighted by atomic mass is 16.3. The summed E-state index contributed by atoms with van der Waals surface area (Å²) in [5, 5.41) is 22.0. The number of rotatable bonds is 1. The Labute approximate surface area is 147 Å². The summed E-state index contributed by atoms with van der Waals surface area (Å²) in [5.74, 6) is -1.90. The van der Waals surface area contributed by atoms with E-state index in [0.29, 0.717) is 0 Å².